The molecule has 0 bridgehead atoms. The van der Waals surface area contributed by atoms with Crippen LogP contribution in [0.4, 0.5) is 0 Å². The minimum atomic E-state index is -0.0129. The summed E-state index contributed by atoms with van der Waals surface area (Å²) in [6.07, 6.45) is 5.06. The topological polar surface area (TPSA) is 43.8 Å². The summed E-state index contributed by atoms with van der Waals surface area (Å²) in [5, 5.41) is 0. The maximum absolute atomic E-state index is 5.98. The van der Waals surface area contributed by atoms with E-state index in [1.807, 2.05) is 19.2 Å². The molecule has 2 heterocycles. The van der Waals surface area contributed by atoms with Gasteiger partial charge >= 0.3 is 0 Å². The van der Waals surface area contributed by atoms with Crippen LogP contribution in [0.15, 0.2) is 37.4 Å². The Balaban J connectivity index is 1.76. The Morgan fingerprint density at radius 1 is 1.47 bits per heavy atom. The fraction of sp³-hybridized carbons (Fsp3) is 0.500. The van der Waals surface area contributed by atoms with Crippen molar-refractivity contribution < 1.29 is 14.2 Å². The Morgan fingerprint density at radius 3 is 3.00 bits per heavy atom. The summed E-state index contributed by atoms with van der Waals surface area (Å²) in [5.41, 5.74) is 1.12. The van der Waals surface area contributed by atoms with Gasteiger partial charge in [-0.05, 0) is 24.7 Å². The molecule has 1 aliphatic rings. The molecule has 0 N–H and O–H groups in total. The van der Waals surface area contributed by atoms with Gasteiger partial charge in [0.05, 0.1) is 25.6 Å². The number of ether oxygens (including phenoxy) is 3. The van der Waals surface area contributed by atoms with E-state index in [1.54, 1.807) is 12.4 Å². The summed E-state index contributed by atoms with van der Waals surface area (Å²) in [7, 11) is 2.05. The van der Waals surface area contributed by atoms with Gasteiger partial charge < -0.3 is 14.2 Å². The lowest BCUT2D eigenvalue weighted by molar-refractivity contribution is -0.0362. The Bertz CT molecular complexity index is 386. The highest BCUT2D eigenvalue weighted by atomic mass is 16.6. The van der Waals surface area contributed by atoms with Crippen LogP contribution in [0.3, 0.4) is 0 Å². The van der Waals surface area contributed by atoms with Crippen molar-refractivity contribution in [3.05, 3.63) is 42.9 Å². The molecular weight excluding hydrogens is 244 g/mol. The maximum atomic E-state index is 5.98. The van der Waals surface area contributed by atoms with Gasteiger partial charge in [-0.25, -0.2) is 0 Å². The molecular formula is C14H20N2O3. The summed E-state index contributed by atoms with van der Waals surface area (Å²) in [4.78, 5) is 6.19. The molecule has 0 unspecified atom stereocenters. The van der Waals surface area contributed by atoms with Crippen LogP contribution in [0, 0.1) is 0 Å². The molecule has 1 aliphatic heterocycles. The van der Waals surface area contributed by atoms with Gasteiger partial charge in [0, 0.05) is 18.9 Å². The molecule has 5 heteroatoms. The number of hydrogen-bond donors (Lipinski definition) is 0. The van der Waals surface area contributed by atoms with Gasteiger partial charge in [-0.1, -0.05) is 6.58 Å². The lowest BCUT2D eigenvalue weighted by atomic mass is 10.2. The van der Waals surface area contributed by atoms with Crippen LogP contribution in [0.5, 0.6) is 0 Å². The summed E-state index contributed by atoms with van der Waals surface area (Å²) in [6.45, 7) is 5.99. The first-order valence-electron chi connectivity index (χ1n) is 6.37. The van der Waals surface area contributed by atoms with E-state index >= 15 is 0 Å². The van der Waals surface area contributed by atoms with E-state index in [2.05, 4.69) is 16.5 Å². The average Bonchev–Trinajstić information content (AvgIpc) is 2.81. The number of nitrogens with zero attached hydrogens (tertiary/aromatic N) is 2. The van der Waals surface area contributed by atoms with Crippen molar-refractivity contribution in [2.45, 2.75) is 12.3 Å². The van der Waals surface area contributed by atoms with E-state index in [1.165, 1.54) is 6.26 Å². The zero-order chi connectivity index (χ0) is 13.5. The van der Waals surface area contributed by atoms with Gasteiger partial charge in [0.1, 0.15) is 12.8 Å². The van der Waals surface area contributed by atoms with Crippen LogP contribution in [-0.4, -0.2) is 49.4 Å². The van der Waals surface area contributed by atoms with Gasteiger partial charge in [-0.3, -0.25) is 9.88 Å². The quantitative estimate of drug-likeness (QED) is 0.552. The number of pyridine rings is 1. The van der Waals surface area contributed by atoms with Gasteiger partial charge in [0.15, 0.2) is 0 Å². The third-order valence-electron chi connectivity index (χ3n) is 2.97. The SMILES string of the molecule is C=COCCOC[C@@H]1CN(C)[C@H](c2ccncc2)O1. The normalized spacial score (nSPS) is 23.4. The summed E-state index contributed by atoms with van der Waals surface area (Å²) < 4.78 is 16.5. The number of aromatic nitrogens is 1. The molecule has 0 aliphatic carbocycles. The molecule has 19 heavy (non-hydrogen) atoms. The summed E-state index contributed by atoms with van der Waals surface area (Å²) in [6, 6.07) is 3.95. The highest BCUT2D eigenvalue weighted by Crippen LogP contribution is 2.28. The molecule has 1 aromatic heterocycles. The summed E-state index contributed by atoms with van der Waals surface area (Å²) in [5.74, 6) is 0. The van der Waals surface area contributed by atoms with E-state index in [0.717, 1.165) is 12.1 Å². The first-order chi connectivity index (χ1) is 9.31. The molecule has 1 saturated heterocycles. The predicted octanol–water partition coefficient (Wildman–Crippen LogP) is 1.59. The van der Waals surface area contributed by atoms with E-state index < -0.39 is 0 Å². The first-order valence-corrected chi connectivity index (χ1v) is 6.37. The van der Waals surface area contributed by atoms with Crippen molar-refractivity contribution in [2.75, 3.05) is 33.4 Å². The highest BCUT2D eigenvalue weighted by Gasteiger charge is 2.31. The van der Waals surface area contributed by atoms with Crippen molar-refractivity contribution in [1.82, 2.24) is 9.88 Å². The Morgan fingerprint density at radius 2 is 2.26 bits per heavy atom. The number of likely N-dealkylation sites (N-methyl/N-ethyl adjacent to an activating group) is 1. The Kier molecular flexibility index (Phi) is 5.32. The standard InChI is InChI=1S/C14H20N2O3/c1-3-17-8-9-18-11-13-10-16(2)14(19-13)12-4-6-15-7-5-12/h3-7,13-14H,1,8-11H2,2H3/t13-,14-/m0/s1. The second-order valence-electron chi connectivity index (χ2n) is 4.44. The largest absolute Gasteiger partial charge is 0.499 e. The third-order valence-corrected chi connectivity index (χ3v) is 2.97. The molecule has 2 rings (SSSR count). The molecule has 2 atom stereocenters. The molecule has 0 aromatic carbocycles. The van der Waals surface area contributed by atoms with Gasteiger partial charge in [-0.15, -0.1) is 0 Å². The maximum Gasteiger partial charge on any atom is 0.137 e. The second-order valence-corrected chi connectivity index (χ2v) is 4.44. The van der Waals surface area contributed by atoms with Crippen LogP contribution >= 0.6 is 0 Å². The highest BCUT2D eigenvalue weighted by molar-refractivity contribution is 5.13. The average molecular weight is 264 g/mol. The monoisotopic (exact) mass is 264 g/mol. The van der Waals surface area contributed by atoms with Crippen molar-refractivity contribution >= 4 is 0 Å². The van der Waals surface area contributed by atoms with Gasteiger partial charge in [0.2, 0.25) is 0 Å². The van der Waals surface area contributed by atoms with Crippen LogP contribution in [0.1, 0.15) is 11.8 Å². The Labute approximate surface area is 113 Å². The first kappa shape index (κ1) is 14.0. The van der Waals surface area contributed by atoms with Crippen LogP contribution in [0.25, 0.3) is 0 Å². The zero-order valence-electron chi connectivity index (χ0n) is 11.2. The van der Waals surface area contributed by atoms with Crippen LogP contribution in [-0.2, 0) is 14.2 Å². The van der Waals surface area contributed by atoms with E-state index in [4.69, 9.17) is 14.2 Å². The number of rotatable bonds is 7. The fourth-order valence-corrected chi connectivity index (χ4v) is 2.10. The molecule has 0 radical (unpaired) electrons. The van der Waals surface area contributed by atoms with Crippen molar-refractivity contribution in [1.29, 1.82) is 0 Å². The van der Waals surface area contributed by atoms with Crippen LogP contribution < -0.4 is 0 Å². The minimum absolute atomic E-state index is 0.0129. The third kappa shape index (κ3) is 4.02. The molecule has 104 valence electrons. The predicted molar refractivity (Wildman–Crippen MR) is 71.4 cm³/mol. The fourth-order valence-electron chi connectivity index (χ4n) is 2.10. The van der Waals surface area contributed by atoms with Crippen molar-refractivity contribution in [3.8, 4) is 0 Å². The van der Waals surface area contributed by atoms with Crippen molar-refractivity contribution in [2.24, 2.45) is 0 Å². The van der Waals surface area contributed by atoms with Crippen LogP contribution in [0.2, 0.25) is 0 Å². The Hall–Kier alpha value is -1.43. The van der Waals surface area contributed by atoms with Gasteiger partial charge in [-0.2, -0.15) is 0 Å². The smallest absolute Gasteiger partial charge is 0.137 e. The lowest BCUT2D eigenvalue weighted by Gasteiger charge is -2.17. The van der Waals surface area contributed by atoms with E-state index in [-0.39, 0.29) is 12.3 Å². The zero-order valence-corrected chi connectivity index (χ0v) is 11.2. The molecule has 1 fully saturated rings. The van der Waals surface area contributed by atoms with E-state index in [0.29, 0.717) is 19.8 Å². The molecule has 5 nitrogen and oxygen atoms in total. The lowest BCUT2D eigenvalue weighted by Crippen LogP contribution is -2.22. The molecule has 0 saturated carbocycles. The van der Waals surface area contributed by atoms with E-state index in [9.17, 15) is 0 Å². The second kappa shape index (κ2) is 7.23. The molecule has 1 aromatic rings. The minimum Gasteiger partial charge on any atom is -0.499 e. The molecule has 0 amide bonds. The molecule has 0 spiro atoms. The van der Waals surface area contributed by atoms with Crippen molar-refractivity contribution in [3.63, 3.8) is 0 Å². The van der Waals surface area contributed by atoms with Gasteiger partial charge in [0.25, 0.3) is 0 Å². The summed E-state index contributed by atoms with van der Waals surface area (Å²) >= 11 is 0. The number of hydrogen-bond acceptors (Lipinski definition) is 5.